The molecule has 0 aliphatic carbocycles. The molecule has 1 amide bonds. The Balaban J connectivity index is 1.66. The molecule has 6 heteroatoms. The van der Waals surface area contributed by atoms with Gasteiger partial charge in [-0.3, -0.25) is 4.79 Å². The molecule has 1 unspecified atom stereocenters. The molecule has 1 N–H and O–H groups in total. The van der Waals surface area contributed by atoms with Crippen LogP contribution in [0.15, 0.2) is 48.5 Å². The molecule has 132 valence electrons. The minimum Gasteiger partial charge on any atom is -0.497 e. The number of hydrogen-bond donors (Lipinski definition) is 1. The summed E-state index contributed by atoms with van der Waals surface area (Å²) in [6, 6.07) is 13.3. The molecule has 1 saturated heterocycles. The summed E-state index contributed by atoms with van der Waals surface area (Å²) in [4.78, 5) is 14.4. The molecule has 2 aromatic rings. The summed E-state index contributed by atoms with van der Waals surface area (Å²) in [6.07, 6.45) is 0. The first-order valence-corrected chi connectivity index (χ1v) is 8.20. The van der Waals surface area contributed by atoms with Gasteiger partial charge in [-0.15, -0.1) is 0 Å². The summed E-state index contributed by atoms with van der Waals surface area (Å²) in [7, 11) is 1.59. The number of benzene rings is 2. The lowest BCUT2D eigenvalue weighted by Crippen LogP contribution is -2.50. The van der Waals surface area contributed by atoms with Crippen LogP contribution in [0.3, 0.4) is 0 Å². The van der Waals surface area contributed by atoms with E-state index < -0.39 is 0 Å². The van der Waals surface area contributed by atoms with E-state index in [9.17, 15) is 9.18 Å². The van der Waals surface area contributed by atoms with Crippen molar-refractivity contribution < 1.29 is 18.7 Å². The van der Waals surface area contributed by atoms with Crippen molar-refractivity contribution in [3.63, 3.8) is 0 Å². The predicted molar refractivity (Wildman–Crippen MR) is 92.2 cm³/mol. The van der Waals surface area contributed by atoms with Crippen LogP contribution in [0.1, 0.15) is 11.6 Å². The molecule has 1 heterocycles. The summed E-state index contributed by atoms with van der Waals surface area (Å²) in [5, 5.41) is 3.25. The van der Waals surface area contributed by atoms with Crippen LogP contribution >= 0.6 is 0 Å². The Hall–Kier alpha value is -2.60. The Morgan fingerprint density at radius 2 is 2.00 bits per heavy atom. The Kier molecular flexibility index (Phi) is 5.50. The monoisotopic (exact) mass is 344 g/mol. The van der Waals surface area contributed by atoms with Crippen molar-refractivity contribution in [3.8, 4) is 11.5 Å². The van der Waals surface area contributed by atoms with Gasteiger partial charge in [-0.1, -0.05) is 12.1 Å². The molecule has 0 aromatic heterocycles. The number of nitrogens with one attached hydrogen (secondary N) is 1. The molecule has 0 spiro atoms. The summed E-state index contributed by atoms with van der Waals surface area (Å²) >= 11 is 0. The third-order valence-corrected chi connectivity index (χ3v) is 4.22. The standard InChI is InChI=1S/C19H21FN2O3/c1-24-16-5-7-17(8-6-16)25-13-19(23)22-10-9-21-12-18(22)14-3-2-4-15(20)11-14/h2-8,11,18,21H,9-10,12-13H2,1H3. The van der Waals surface area contributed by atoms with Crippen LogP contribution in [0.2, 0.25) is 0 Å². The van der Waals surface area contributed by atoms with Gasteiger partial charge in [0, 0.05) is 19.6 Å². The maximum absolute atomic E-state index is 13.5. The van der Waals surface area contributed by atoms with Gasteiger partial charge in [-0.2, -0.15) is 0 Å². The van der Waals surface area contributed by atoms with Gasteiger partial charge in [0.25, 0.3) is 5.91 Å². The first-order valence-electron chi connectivity index (χ1n) is 8.20. The molecular weight excluding hydrogens is 323 g/mol. The zero-order valence-electron chi connectivity index (χ0n) is 14.1. The lowest BCUT2D eigenvalue weighted by Gasteiger charge is -2.36. The first kappa shape index (κ1) is 17.2. The highest BCUT2D eigenvalue weighted by Crippen LogP contribution is 2.23. The minimum atomic E-state index is -0.301. The van der Waals surface area contributed by atoms with Crippen molar-refractivity contribution in [2.24, 2.45) is 0 Å². The number of methoxy groups -OCH3 is 1. The summed E-state index contributed by atoms with van der Waals surface area (Å²) in [6.45, 7) is 1.81. The van der Waals surface area contributed by atoms with Crippen molar-refractivity contribution in [2.75, 3.05) is 33.4 Å². The van der Waals surface area contributed by atoms with Crippen molar-refractivity contribution in [1.29, 1.82) is 0 Å². The topological polar surface area (TPSA) is 50.8 Å². The highest BCUT2D eigenvalue weighted by atomic mass is 19.1. The van der Waals surface area contributed by atoms with E-state index in [1.54, 1.807) is 42.3 Å². The normalized spacial score (nSPS) is 17.2. The van der Waals surface area contributed by atoms with Crippen LogP contribution in [0.4, 0.5) is 4.39 Å². The van der Waals surface area contributed by atoms with E-state index in [4.69, 9.17) is 9.47 Å². The van der Waals surface area contributed by atoms with E-state index in [1.165, 1.54) is 12.1 Å². The van der Waals surface area contributed by atoms with Gasteiger partial charge < -0.3 is 19.7 Å². The van der Waals surface area contributed by atoms with E-state index in [0.717, 1.165) is 11.3 Å². The third-order valence-electron chi connectivity index (χ3n) is 4.22. The number of nitrogens with zero attached hydrogens (tertiary/aromatic N) is 1. The van der Waals surface area contributed by atoms with Crippen LogP contribution in [-0.2, 0) is 4.79 Å². The maximum Gasteiger partial charge on any atom is 0.261 e. The Morgan fingerprint density at radius 3 is 2.72 bits per heavy atom. The summed E-state index contributed by atoms with van der Waals surface area (Å²) in [5.41, 5.74) is 0.782. The zero-order valence-corrected chi connectivity index (χ0v) is 14.1. The Labute approximate surface area is 146 Å². The van der Waals surface area contributed by atoms with Gasteiger partial charge in [0.15, 0.2) is 6.61 Å². The highest BCUT2D eigenvalue weighted by molar-refractivity contribution is 5.78. The minimum absolute atomic E-state index is 0.0574. The Morgan fingerprint density at radius 1 is 1.24 bits per heavy atom. The van der Waals surface area contributed by atoms with Gasteiger partial charge in [-0.05, 0) is 42.0 Å². The molecule has 1 atom stereocenters. The van der Waals surface area contributed by atoms with E-state index >= 15 is 0 Å². The molecule has 3 rings (SSSR count). The lowest BCUT2D eigenvalue weighted by atomic mass is 10.0. The van der Waals surface area contributed by atoms with Crippen LogP contribution < -0.4 is 14.8 Å². The number of carbonyl (C=O) groups is 1. The Bertz CT molecular complexity index is 721. The number of ether oxygens (including phenoxy) is 2. The van der Waals surface area contributed by atoms with Gasteiger partial charge in [0.05, 0.1) is 13.2 Å². The number of hydrogen-bond acceptors (Lipinski definition) is 4. The molecule has 0 saturated carbocycles. The molecular formula is C19H21FN2O3. The fraction of sp³-hybridized carbons (Fsp3) is 0.316. The van der Waals surface area contributed by atoms with E-state index in [0.29, 0.717) is 25.4 Å². The second-order valence-corrected chi connectivity index (χ2v) is 5.83. The average Bonchev–Trinajstić information content (AvgIpc) is 2.66. The van der Waals surface area contributed by atoms with Crippen LogP contribution in [0, 0.1) is 5.82 Å². The van der Waals surface area contributed by atoms with Gasteiger partial charge in [-0.25, -0.2) is 4.39 Å². The van der Waals surface area contributed by atoms with E-state index in [2.05, 4.69) is 5.32 Å². The molecule has 1 aliphatic rings. The second-order valence-electron chi connectivity index (χ2n) is 5.83. The SMILES string of the molecule is COc1ccc(OCC(=O)N2CCNCC2c2cccc(F)c2)cc1. The van der Waals surface area contributed by atoms with Crippen molar-refractivity contribution >= 4 is 5.91 Å². The molecule has 2 aromatic carbocycles. The number of piperazine rings is 1. The van der Waals surface area contributed by atoms with Gasteiger partial charge >= 0.3 is 0 Å². The molecule has 0 radical (unpaired) electrons. The smallest absolute Gasteiger partial charge is 0.261 e. The van der Waals surface area contributed by atoms with Crippen LogP contribution in [0.5, 0.6) is 11.5 Å². The fourth-order valence-corrected chi connectivity index (χ4v) is 2.91. The van der Waals surface area contributed by atoms with Gasteiger partial charge in [0.1, 0.15) is 17.3 Å². The van der Waals surface area contributed by atoms with Crippen LogP contribution in [-0.4, -0.2) is 44.2 Å². The van der Waals surface area contributed by atoms with Gasteiger partial charge in [0.2, 0.25) is 0 Å². The van der Waals surface area contributed by atoms with Crippen molar-refractivity contribution in [1.82, 2.24) is 10.2 Å². The lowest BCUT2D eigenvalue weighted by molar-refractivity contribution is -0.136. The number of halogens is 1. The predicted octanol–water partition coefficient (Wildman–Crippen LogP) is 2.39. The number of amides is 1. The fourth-order valence-electron chi connectivity index (χ4n) is 2.91. The average molecular weight is 344 g/mol. The quantitative estimate of drug-likeness (QED) is 0.905. The van der Waals surface area contributed by atoms with E-state index in [1.807, 2.05) is 6.07 Å². The van der Waals surface area contributed by atoms with Crippen LogP contribution in [0.25, 0.3) is 0 Å². The molecule has 25 heavy (non-hydrogen) atoms. The maximum atomic E-state index is 13.5. The summed E-state index contributed by atoms with van der Waals surface area (Å²) in [5.74, 6) is 0.912. The first-order chi connectivity index (χ1) is 12.2. The molecule has 5 nitrogen and oxygen atoms in total. The summed E-state index contributed by atoms with van der Waals surface area (Å²) < 4.78 is 24.2. The highest BCUT2D eigenvalue weighted by Gasteiger charge is 2.28. The van der Waals surface area contributed by atoms with Crippen molar-refractivity contribution in [3.05, 3.63) is 59.9 Å². The van der Waals surface area contributed by atoms with E-state index in [-0.39, 0.29) is 24.4 Å². The molecule has 0 bridgehead atoms. The second kappa shape index (κ2) is 7.98. The number of carbonyl (C=O) groups excluding carboxylic acids is 1. The third kappa shape index (κ3) is 4.28. The number of rotatable bonds is 5. The molecule has 1 fully saturated rings. The largest absolute Gasteiger partial charge is 0.497 e. The van der Waals surface area contributed by atoms with Crippen molar-refractivity contribution in [2.45, 2.75) is 6.04 Å². The zero-order chi connectivity index (χ0) is 17.6. The molecule has 1 aliphatic heterocycles.